The van der Waals surface area contributed by atoms with E-state index in [1.54, 1.807) is 11.3 Å². The highest BCUT2D eigenvalue weighted by Gasteiger charge is 2.23. The largest absolute Gasteiger partial charge is 0.324 e. The van der Waals surface area contributed by atoms with E-state index in [4.69, 9.17) is 4.98 Å². The van der Waals surface area contributed by atoms with E-state index >= 15 is 0 Å². The lowest BCUT2D eigenvalue weighted by molar-refractivity contribution is 1.08. The van der Waals surface area contributed by atoms with E-state index in [-0.39, 0.29) is 0 Å². The first-order chi connectivity index (χ1) is 20.3. The van der Waals surface area contributed by atoms with Crippen molar-refractivity contribution in [3.8, 4) is 45.0 Å². The van der Waals surface area contributed by atoms with Crippen LogP contribution in [0, 0.1) is 0 Å². The van der Waals surface area contributed by atoms with Gasteiger partial charge in [0.2, 0.25) is 0 Å². The molecule has 0 saturated carbocycles. The molecular formula is C37H25N3S. The van der Waals surface area contributed by atoms with Gasteiger partial charge in [-0.2, -0.15) is 0 Å². The number of imidazole rings is 1. The van der Waals surface area contributed by atoms with Crippen molar-refractivity contribution in [3.63, 3.8) is 0 Å². The third kappa shape index (κ3) is 4.00. The van der Waals surface area contributed by atoms with Crippen LogP contribution in [0.25, 0.3) is 66.1 Å². The molecule has 41 heavy (non-hydrogen) atoms. The third-order valence-corrected chi connectivity index (χ3v) is 8.65. The van der Waals surface area contributed by atoms with Crippen molar-refractivity contribution >= 4 is 32.5 Å². The zero-order valence-corrected chi connectivity index (χ0v) is 23.0. The molecule has 8 aromatic rings. The minimum Gasteiger partial charge on any atom is -0.324 e. The Morgan fingerprint density at radius 1 is 0.561 bits per heavy atom. The van der Waals surface area contributed by atoms with Gasteiger partial charge < -0.3 is 4.57 Å². The molecule has 0 amide bonds. The summed E-state index contributed by atoms with van der Waals surface area (Å²) in [5.41, 5.74) is 10.2. The second kappa shape index (κ2) is 9.77. The third-order valence-electron chi connectivity index (χ3n) is 7.69. The van der Waals surface area contributed by atoms with Gasteiger partial charge in [-0.05, 0) is 53.6 Å². The molecule has 0 saturated heterocycles. The first-order valence-corrected chi connectivity index (χ1v) is 14.6. The van der Waals surface area contributed by atoms with Crippen molar-refractivity contribution in [2.75, 3.05) is 0 Å². The topological polar surface area (TPSA) is 22.8 Å². The summed E-state index contributed by atoms with van der Waals surface area (Å²) in [6.45, 7) is 0. The van der Waals surface area contributed by atoms with Crippen LogP contribution in [0.3, 0.4) is 0 Å². The molecule has 194 valence electrons. The predicted octanol–water partition coefficient (Wildman–Crippen LogP) is 10.0. The zero-order chi connectivity index (χ0) is 27.2. The van der Waals surface area contributed by atoms with Crippen LogP contribution in [-0.4, -0.2) is 14.1 Å². The summed E-state index contributed by atoms with van der Waals surface area (Å²) in [5.74, 6) is 0.947. The molecule has 0 unspecified atom stereocenters. The normalized spacial score (nSPS) is 11.4. The molecule has 3 aromatic heterocycles. The Hall–Kier alpha value is -5.19. The monoisotopic (exact) mass is 543 g/mol. The lowest BCUT2D eigenvalue weighted by Crippen LogP contribution is -2.03. The van der Waals surface area contributed by atoms with Crippen molar-refractivity contribution in [1.29, 1.82) is 0 Å². The van der Waals surface area contributed by atoms with Crippen LogP contribution in [0.1, 0.15) is 0 Å². The average Bonchev–Trinajstić information content (AvgIpc) is 3.80. The molecule has 3 heterocycles. The van der Waals surface area contributed by atoms with Crippen LogP contribution in [0.2, 0.25) is 0 Å². The number of hydrogen-bond donors (Lipinski definition) is 0. The molecular weight excluding hydrogens is 518 g/mol. The standard InChI is InChI=1S/C37H25N3S/c1-3-12-26(13-4-1)29-16-11-17-30(27-14-5-2-6-15-27)36(29)40-34-19-8-7-18-33(34)38-37(40)32-25-41-35-21-20-28(24-31(32)35)39-22-9-10-23-39/h1-25H. The maximum Gasteiger partial charge on any atom is 0.147 e. The maximum atomic E-state index is 5.31. The van der Waals surface area contributed by atoms with E-state index < -0.39 is 0 Å². The van der Waals surface area contributed by atoms with E-state index in [1.807, 2.05) is 0 Å². The SMILES string of the molecule is c1ccc(-c2cccc(-c3ccccc3)c2-n2c(-c3csc4ccc(-n5cccc5)cc34)nc3ccccc32)cc1. The van der Waals surface area contributed by atoms with Crippen LogP contribution in [0.4, 0.5) is 0 Å². The molecule has 0 spiro atoms. The van der Waals surface area contributed by atoms with E-state index in [0.29, 0.717) is 0 Å². The molecule has 0 radical (unpaired) electrons. The molecule has 0 aliphatic rings. The summed E-state index contributed by atoms with van der Waals surface area (Å²) in [6.07, 6.45) is 4.18. The fourth-order valence-corrected chi connectivity index (χ4v) is 6.70. The van der Waals surface area contributed by atoms with Gasteiger partial charge in [0.1, 0.15) is 5.82 Å². The molecule has 5 aromatic carbocycles. The molecule has 0 aliphatic heterocycles. The smallest absolute Gasteiger partial charge is 0.147 e. The van der Waals surface area contributed by atoms with Crippen LogP contribution in [0.15, 0.2) is 151 Å². The summed E-state index contributed by atoms with van der Waals surface area (Å²) in [4.78, 5) is 5.31. The number of nitrogens with zero attached hydrogens (tertiary/aromatic N) is 3. The van der Waals surface area contributed by atoms with Gasteiger partial charge >= 0.3 is 0 Å². The number of benzene rings is 5. The molecule has 8 rings (SSSR count). The van der Waals surface area contributed by atoms with Gasteiger partial charge in [-0.1, -0.05) is 91.0 Å². The first-order valence-electron chi connectivity index (χ1n) is 13.7. The first kappa shape index (κ1) is 23.7. The van der Waals surface area contributed by atoms with Crippen molar-refractivity contribution in [1.82, 2.24) is 14.1 Å². The molecule has 0 atom stereocenters. The Morgan fingerprint density at radius 2 is 1.22 bits per heavy atom. The highest BCUT2D eigenvalue weighted by molar-refractivity contribution is 7.17. The molecule has 0 fully saturated rings. The molecule has 4 heteroatoms. The van der Waals surface area contributed by atoms with Crippen LogP contribution in [-0.2, 0) is 0 Å². The van der Waals surface area contributed by atoms with E-state index in [1.165, 1.54) is 32.3 Å². The molecule has 3 nitrogen and oxygen atoms in total. The number of fused-ring (bicyclic) bond motifs is 2. The second-order valence-corrected chi connectivity index (χ2v) is 11.0. The Balaban J connectivity index is 1.47. The average molecular weight is 544 g/mol. The summed E-state index contributed by atoms with van der Waals surface area (Å²) < 4.78 is 5.78. The van der Waals surface area contributed by atoms with Crippen molar-refractivity contribution in [3.05, 3.63) is 151 Å². The Morgan fingerprint density at radius 3 is 1.93 bits per heavy atom. The van der Waals surface area contributed by atoms with E-state index in [2.05, 4.69) is 160 Å². The van der Waals surface area contributed by atoms with Crippen LogP contribution >= 0.6 is 11.3 Å². The molecule has 0 N–H and O–H groups in total. The van der Waals surface area contributed by atoms with Crippen molar-refractivity contribution in [2.24, 2.45) is 0 Å². The van der Waals surface area contributed by atoms with Gasteiger partial charge in [0.15, 0.2) is 0 Å². The van der Waals surface area contributed by atoms with Crippen molar-refractivity contribution in [2.45, 2.75) is 0 Å². The number of rotatable bonds is 5. The van der Waals surface area contributed by atoms with E-state index in [0.717, 1.165) is 33.8 Å². The minimum atomic E-state index is 0.947. The molecule has 0 bridgehead atoms. The van der Waals surface area contributed by atoms with Crippen molar-refractivity contribution < 1.29 is 0 Å². The molecule has 0 aliphatic carbocycles. The van der Waals surface area contributed by atoms with Gasteiger partial charge in [-0.3, -0.25) is 4.57 Å². The van der Waals surface area contributed by atoms with E-state index in [9.17, 15) is 0 Å². The maximum absolute atomic E-state index is 5.31. The second-order valence-electron chi connectivity index (χ2n) is 10.1. The summed E-state index contributed by atoms with van der Waals surface area (Å²) in [6, 6.07) is 47.2. The van der Waals surface area contributed by atoms with Crippen LogP contribution < -0.4 is 0 Å². The highest BCUT2D eigenvalue weighted by atomic mass is 32.1. The fraction of sp³-hybridized carbons (Fsp3) is 0. The number of aromatic nitrogens is 3. The van der Waals surface area contributed by atoms with Gasteiger partial charge in [0, 0.05) is 50.2 Å². The van der Waals surface area contributed by atoms with Gasteiger partial charge in [-0.25, -0.2) is 4.98 Å². The lowest BCUT2D eigenvalue weighted by Gasteiger charge is -2.19. The Kier molecular flexibility index (Phi) is 5.64. The summed E-state index contributed by atoms with van der Waals surface area (Å²) in [7, 11) is 0. The number of para-hydroxylation sites is 3. The number of thiophene rings is 1. The Labute approximate surface area is 242 Å². The summed E-state index contributed by atoms with van der Waals surface area (Å²) >= 11 is 1.77. The zero-order valence-electron chi connectivity index (χ0n) is 22.2. The quantitative estimate of drug-likeness (QED) is 0.212. The summed E-state index contributed by atoms with van der Waals surface area (Å²) in [5, 5.41) is 3.46. The fourth-order valence-electron chi connectivity index (χ4n) is 5.78. The Bertz CT molecular complexity index is 2080. The predicted molar refractivity (Wildman–Crippen MR) is 172 cm³/mol. The minimum absolute atomic E-state index is 0.947. The van der Waals surface area contributed by atoms with Gasteiger partial charge in [0.25, 0.3) is 0 Å². The van der Waals surface area contributed by atoms with Gasteiger partial charge in [-0.15, -0.1) is 11.3 Å². The lowest BCUT2D eigenvalue weighted by atomic mass is 9.95. The van der Waals surface area contributed by atoms with Gasteiger partial charge in [0.05, 0.1) is 16.7 Å². The number of hydrogen-bond acceptors (Lipinski definition) is 2. The highest BCUT2D eigenvalue weighted by Crippen LogP contribution is 2.42. The van der Waals surface area contributed by atoms with Crippen LogP contribution in [0.5, 0.6) is 0 Å².